The van der Waals surface area contributed by atoms with Crippen LogP contribution in [0, 0.1) is 0 Å². The quantitative estimate of drug-likeness (QED) is 0.336. The second-order valence-electron chi connectivity index (χ2n) is 6.36. The normalized spacial score (nSPS) is 11.6. The Bertz CT molecular complexity index is 853. The largest absolute Gasteiger partial charge is 0.356 e. The number of benzene rings is 1. The Morgan fingerprint density at radius 2 is 2.00 bits per heavy atom. The van der Waals surface area contributed by atoms with Crippen molar-refractivity contribution in [3.05, 3.63) is 54.1 Å². The summed E-state index contributed by atoms with van der Waals surface area (Å²) in [6.45, 7) is 4.55. The van der Waals surface area contributed by atoms with Crippen molar-refractivity contribution in [3.63, 3.8) is 0 Å². The Kier molecular flexibility index (Phi) is 7.17. The molecule has 148 valence electrons. The lowest BCUT2D eigenvalue weighted by Crippen LogP contribution is -2.39. The molecular weight excluding hydrogens is 354 g/mol. The van der Waals surface area contributed by atoms with Gasteiger partial charge < -0.3 is 15.2 Å². The van der Waals surface area contributed by atoms with Gasteiger partial charge in [-0.05, 0) is 36.6 Å². The lowest BCUT2D eigenvalue weighted by Gasteiger charge is -2.12. The second kappa shape index (κ2) is 10.2. The minimum absolute atomic E-state index is 0.571. The summed E-state index contributed by atoms with van der Waals surface area (Å²) in [5.41, 5.74) is 2.18. The van der Waals surface area contributed by atoms with Gasteiger partial charge in [0.1, 0.15) is 0 Å². The third-order valence-electron chi connectivity index (χ3n) is 4.33. The van der Waals surface area contributed by atoms with E-state index in [0.29, 0.717) is 5.89 Å². The number of hydrogen-bond acceptors (Lipinski definition) is 5. The van der Waals surface area contributed by atoms with E-state index in [9.17, 15) is 0 Å². The van der Waals surface area contributed by atoms with Gasteiger partial charge in [0.25, 0.3) is 5.89 Å². The van der Waals surface area contributed by atoms with Crippen LogP contribution in [-0.4, -0.2) is 46.0 Å². The molecule has 0 bridgehead atoms. The summed E-state index contributed by atoms with van der Waals surface area (Å²) < 4.78 is 7.21. The van der Waals surface area contributed by atoms with Crippen LogP contribution >= 0.6 is 0 Å². The molecule has 28 heavy (non-hydrogen) atoms. The summed E-state index contributed by atoms with van der Waals surface area (Å²) in [4.78, 5) is 8.62. The predicted octanol–water partition coefficient (Wildman–Crippen LogP) is 2.29. The highest BCUT2D eigenvalue weighted by atomic mass is 16.5. The van der Waals surface area contributed by atoms with Gasteiger partial charge in [-0.1, -0.05) is 24.2 Å². The molecule has 3 rings (SSSR count). The van der Waals surface area contributed by atoms with E-state index in [0.717, 1.165) is 56.2 Å². The van der Waals surface area contributed by atoms with Crippen LogP contribution < -0.4 is 10.6 Å². The number of aryl methyl sites for hydroxylation is 2. The standard InChI is InChI=1S/C20H27N7O/c1-3-18-25-19(28-26-18)17-8-6-16(7-9-17)10-13-23-20(21-2)22-11-4-14-27-15-5-12-24-27/h5-9,12,15H,3-4,10-11,13-14H2,1-2H3,(H2,21,22,23). The second-order valence-corrected chi connectivity index (χ2v) is 6.36. The average molecular weight is 381 g/mol. The van der Waals surface area contributed by atoms with Crippen molar-refractivity contribution >= 4 is 5.96 Å². The summed E-state index contributed by atoms with van der Waals surface area (Å²) in [5, 5.41) is 14.8. The molecule has 0 saturated heterocycles. The van der Waals surface area contributed by atoms with Gasteiger partial charge in [0.05, 0.1) is 0 Å². The molecule has 0 radical (unpaired) electrons. The zero-order valence-electron chi connectivity index (χ0n) is 16.4. The number of aliphatic imine (C=N–C) groups is 1. The Labute approximate surface area is 165 Å². The van der Waals surface area contributed by atoms with E-state index in [1.54, 1.807) is 13.2 Å². The van der Waals surface area contributed by atoms with E-state index < -0.39 is 0 Å². The molecule has 2 aromatic heterocycles. The maximum atomic E-state index is 5.28. The van der Waals surface area contributed by atoms with Crippen molar-refractivity contribution in [3.8, 4) is 11.5 Å². The highest BCUT2D eigenvalue weighted by Gasteiger charge is 2.07. The van der Waals surface area contributed by atoms with E-state index in [4.69, 9.17) is 4.52 Å². The van der Waals surface area contributed by atoms with Crippen molar-refractivity contribution in [2.45, 2.75) is 32.7 Å². The van der Waals surface area contributed by atoms with Crippen LogP contribution in [0.25, 0.3) is 11.5 Å². The molecule has 0 atom stereocenters. The molecule has 0 unspecified atom stereocenters. The third-order valence-corrected chi connectivity index (χ3v) is 4.33. The molecule has 2 heterocycles. The molecule has 0 aliphatic heterocycles. The number of nitrogens with zero attached hydrogens (tertiary/aromatic N) is 5. The van der Waals surface area contributed by atoms with Crippen molar-refractivity contribution in [2.75, 3.05) is 20.1 Å². The molecule has 0 aliphatic carbocycles. The first-order chi connectivity index (χ1) is 13.8. The molecule has 8 heteroatoms. The molecule has 0 fully saturated rings. The lowest BCUT2D eigenvalue weighted by atomic mass is 10.1. The SMILES string of the molecule is CCc1noc(-c2ccc(CCNC(=NC)NCCCn3cccn3)cc2)n1. The molecule has 3 aromatic rings. The first-order valence-electron chi connectivity index (χ1n) is 9.62. The Morgan fingerprint density at radius 1 is 1.18 bits per heavy atom. The first kappa shape index (κ1) is 19.6. The maximum absolute atomic E-state index is 5.28. The molecule has 0 saturated carbocycles. The lowest BCUT2D eigenvalue weighted by molar-refractivity contribution is 0.423. The average Bonchev–Trinajstić information content (AvgIpc) is 3.42. The summed E-state index contributed by atoms with van der Waals surface area (Å²) >= 11 is 0. The zero-order valence-corrected chi connectivity index (χ0v) is 16.4. The van der Waals surface area contributed by atoms with E-state index in [2.05, 4.69) is 43.0 Å². The van der Waals surface area contributed by atoms with E-state index >= 15 is 0 Å². The molecule has 1 aromatic carbocycles. The fourth-order valence-electron chi connectivity index (χ4n) is 2.76. The van der Waals surface area contributed by atoms with Gasteiger partial charge in [-0.25, -0.2) is 0 Å². The van der Waals surface area contributed by atoms with Crippen LogP contribution in [0.15, 0.2) is 52.2 Å². The van der Waals surface area contributed by atoms with Gasteiger partial charge in [-0.2, -0.15) is 10.1 Å². The molecule has 2 N–H and O–H groups in total. The summed E-state index contributed by atoms with van der Waals surface area (Å²) in [6, 6.07) is 10.2. The Balaban J connectivity index is 1.38. The fourth-order valence-corrected chi connectivity index (χ4v) is 2.76. The first-order valence-corrected chi connectivity index (χ1v) is 9.62. The summed E-state index contributed by atoms with van der Waals surface area (Å²) in [5.74, 6) is 2.11. The summed E-state index contributed by atoms with van der Waals surface area (Å²) in [7, 11) is 1.78. The predicted molar refractivity (Wildman–Crippen MR) is 109 cm³/mol. The van der Waals surface area contributed by atoms with Crippen LogP contribution in [0.1, 0.15) is 24.7 Å². The van der Waals surface area contributed by atoms with Gasteiger partial charge in [0, 0.05) is 51.1 Å². The number of nitrogens with one attached hydrogen (secondary N) is 2. The highest BCUT2D eigenvalue weighted by molar-refractivity contribution is 5.79. The number of rotatable bonds is 9. The maximum Gasteiger partial charge on any atom is 0.257 e. The molecule has 0 amide bonds. The molecule has 0 aliphatic rings. The summed E-state index contributed by atoms with van der Waals surface area (Å²) in [6.07, 6.45) is 6.42. The van der Waals surface area contributed by atoms with Crippen LogP contribution in [0.2, 0.25) is 0 Å². The zero-order chi connectivity index (χ0) is 19.6. The minimum atomic E-state index is 0.571. The fraction of sp³-hybridized carbons (Fsp3) is 0.400. The van der Waals surface area contributed by atoms with Crippen LogP contribution in [0.4, 0.5) is 0 Å². The van der Waals surface area contributed by atoms with Crippen molar-refractivity contribution in [1.29, 1.82) is 0 Å². The van der Waals surface area contributed by atoms with Gasteiger partial charge in [0.2, 0.25) is 0 Å². The van der Waals surface area contributed by atoms with Crippen LogP contribution in [0.5, 0.6) is 0 Å². The van der Waals surface area contributed by atoms with Crippen molar-refractivity contribution < 1.29 is 4.52 Å². The molecule has 8 nitrogen and oxygen atoms in total. The van der Waals surface area contributed by atoms with Crippen LogP contribution in [0.3, 0.4) is 0 Å². The third kappa shape index (κ3) is 5.67. The van der Waals surface area contributed by atoms with Crippen molar-refractivity contribution in [1.82, 2.24) is 30.6 Å². The van der Waals surface area contributed by atoms with Gasteiger partial charge in [-0.3, -0.25) is 9.67 Å². The van der Waals surface area contributed by atoms with Crippen LogP contribution in [-0.2, 0) is 19.4 Å². The number of guanidine groups is 1. The molecule has 0 spiro atoms. The van der Waals surface area contributed by atoms with Gasteiger partial charge >= 0.3 is 0 Å². The number of aromatic nitrogens is 4. The van der Waals surface area contributed by atoms with E-state index in [-0.39, 0.29) is 0 Å². The highest BCUT2D eigenvalue weighted by Crippen LogP contribution is 2.18. The molecular formula is C20H27N7O. The topological polar surface area (TPSA) is 93.2 Å². The van der Waals surface area contributed by atoms with Gasteiger partial charge in [-0.15, -0.1) is 0 Å². The van der Waals surface area contributed by atoms with E-state index in [1.807, 2.05) is 36.0 Å². The smallest absolute Gasteiger partial charge is 0.257 e. The van der Waals surface area contributed by atoms with E-state index in [1.165, 1.54) is 5.56 Å². The monoisotopic (exact) mass is 381 g/mol. The van der Waals surface area contributed by atoms with Gasteiger partial charge in [0.15, 0.2) is 11.8 Å². The Morgan fingerprint density at radius 3 is 2.68 bits per heavy atom. The number of hydrogen-bond donors (Lipinski definition) is 2. The minimum Gasteiger partial charge on any atom is -0.356 e. The van der Waals surface area contributed by atoms with Crippen molar-refractivity contribution in [2.24, 2.45) is 4.99 Å². The Hall–Kier alpha value is -3.16.